The predicted molar refractivity (Wildman–Crippen MR) is 63.9 cm³/mol. The van der Waals surface area contributed by atoms with Crippen LogP contribution >= 0.6 is 0 Å². The van der Waals surface area contributed by atoms with Gasteiger partial charge in [-0.2, -0.15) is 0 Å². The third kappa shape index (κ3) is 1.84. The first-order valence-electron chi connectivity index (χ1n) is 7.04. The van der Waals surface area contributed by atoms with Crippen LogP contribution in [0.15, 0.2) is 0 Å². The Morgan fingerprint density at radius 3 is 2.40 bits per heavy atom. The molecule has 3 fully saturated rings. The number of likely N-dealkylation sites (tertiary alicyclic amines) is 1. The van der Waals surface area contributed by atoms with Gasteiger partial charge in [0.25, 0.3) is 0 Å². The molecule has 1 heteroatoms. The van der Waals surface area contributed by atoms with Gasteiger partial charge in [0, 0.05) is 6.04 Å². The second-order valence-electron chi connectivity index (χ2n) is 6.30. The second-order valence-corrected chi connectivity index (χ2v) is 6.30. The van der Waals surface area contributed by atoms with Gasteiger partial charge in [0.05, 0.1) is 0 Å². The Morgan fingerprint density at radius 2 is 1.73 bits per heavy atom. The summed E-state index contributed by atoms with van der Waals surface area (Å²) in [4.78, 5) is 2.83. The fraction of sp³-hybridized carbons (Fsp3) is 1.00. The molecule has 15 heavy (non-hydrogen) atoms. The van der Waals surface area contributed by atoms with E-state index in [4.69, 9.17) is 0 Å². The first kappa shape index (κ1) is 10.1. The SMILES string of the molecule is C[C@@H]1CC12CCCN(C1CCCC1)CC2. The van der Waals surface area contributed by atoms with Crippen molar-refractivity contribution in [1.82, 2.24) is 4.90 Å². The van der Waals surface area contributed by atoms with Gasteiger partial charge in [-0.25, -0.2) is 0 Å². The first-order chi connectivity index (χ1) is 7.30. The van der Waals surface area contributed by atoms with Crippen LogP contribution in [0.2, 0.25) is 0 Å². The van der Waals surface area contributed by atoms with Crippen LogP contribution in [-0.2, 0) is 0 Å². The molecule has 1 saturated heterocycles. The Labute approximate surface area is 94.2 Å². The molecule has 0 amide bonds. The molecule has 0 aromatic heterocycles. The van der Waals surface area contributed by atoms with Gasteiger partial charge in [-0.05, 0) is 62.9 Å². The summed E-state index contributed by atoms with van der Waals surface area (Å²) in [6, 6.07) is 0.967. The van der Waals surface area contributed by atoms with E-state index in [0.29, 0.717) is 0 Å². The highest BCUT2D eigenvalue weighted by Crippen LogP contribution is 2.59. The summed E-state index contributed by atoms with van der Waals surface area (Å²) in [5.41, 5.74) is 0.813. The van der Waals surface area contributed by atoms with Gasteiger partial charge >= 0.3 is 0 Å². The lowest BCUT2D eigenvalue weighted by Crippen LogP contribution is -2.34. The van der Waals surface area contributed by atoms with Crippen molar-refractivity contribution in [1.29, 1.82) is 0 Å². The van der Waals surface area contributed by atoms with Crippen molar-refractivity contribution in [3.8, 4) is 0 Å². The van der Waals surface area contributed by atoms with E-state index in [9.17, 15) is 0 Å². The molecule has 1 nitrogen and oxygen atoms in total. The van der Waals surface area contributed by atoms with Crippen molar-refractivity contribution in [3.05, 3.63) is 0 Å². The zero-order valence-electron chi connectivity index (χ0n) is 10.2. The molecular weight excluding hydrogens is 182 g/mol. The van der Waals surface area contributed by atoms with Crippen molar-refractivity contribution < 1.29 is 0 Å². The van der Waals surface area contributed by atoms with E-state index in [1.807, 2.05) is 0 Å². The van der Waals surface area contributed by atoms with Crippen molar-refractivity contribution in [3.63, 3.8) is 0 Å². The molecule has 86 valence electrons. The smallest absolute Gasteiger partial charge is 0.00952 e. The van der Waals surface area contributed by atoms with Crippen molar-refractivity contribution in [2.45, 2.75) is 64.3 Å². The average molecular weight is 207 g/mol. The molecule has 1 aliphatic heterocycles. The van der Waals surface area contributed by atoms with E-state index in [-0.39, 0.29) is 0 Å². The monoisotopic (exact) mass is 207 g/mol. The number of hydrogen-bond acceptors (Lipinski definition) is 1. The van der Waals surface area contributed by atoms with Crippen LogP contribution in [0.25, 0.3) is 0 Å². The molecule has 0 aromatic rings. The average Bonchev–Trinajstić information content (AvgIpc) is 2.68. The molecule has 0 radical (unpaired) electrons. The minimum absolute atomic E-state index is 0.813. The maximum atomic E-state index is 2.83. The Morgan fingerprint density at radius 1 is 1.00 bits per heavy atom. The highest BCUT2D eigenvalue weighted by atomic mass is 15.2. The summed E-state index contributed by atoms with van der Waals surface area (Å²) in [7, 11) is 0. The standard InChI is InChI=1S/C14H25N/c1-12-11-14(12)7-4-9-15(10-8-14)13-5-2-3-6-13/h12-13H,2-11H2,1H3/t12-,14?/m1/s1. The summed E-state index contributed by atoms with van der Waals surface area (Å²) in [5, 5.41) is 0. The Hall–Kier alpha value is -0.0400. The minimum atomic E-state index is 0.813. The molecular formula is C14H25N. The zero-order chi connectivity index (χ0) is 10.3. The van der Waals surface area contributed by atoms with E-state index >= 15 is 0 Å². The molecule has 2 atom stereocenters. The van der Waals surface area contributed by atoms with E-state index in [0.717, 1.165) is 17.4 Å². The van der Waals surface area contributed by atoms with Crippen LogP contribution in [-0.4, -0.2) is 24.0 Å². The lowest BCUT2D eigenvalue weighted by molar-refractivity contribution is 0.202. The van der Waals surface area contributed by atoms with E-state index < -0.39 is 0 Å². The molecule has 1 unspecified atom stereocenters. The molecule has 3 aliphatic rings. The largest absolute Gasteiger partial charge is 0.300 e. The Kier molecular flexibility index (Phi) is 2.54. The summed E-state index contributed by atoms with van der Waals surface area (Å²) >= 11 is 0. The summed E-state index contributed by atoms with van der Waals surface area (Å²) < 4.78 is 0. The Bertz CT molecular complexity index is 231. The second kappa shape index (κ2) is 3.76. The van der Waals surface area contributed by atoms with E-state index in [2.05, 4.69) is 11.8 Å². The number of nitrogens with zero attached hydrogens (tertiary/aromatic N) is 1. The third-order valence-electron chi connectivity index (χ3n) is 5.46. The molecule has 1 spiro atoms. The summed E-state index contributed by atoms with van der Waals surface area (Å²) in [6.07, 6.45) is 12.0. The molecule has 0 N–H and O–H groups in total. The van der Waals surface area contributed by atoms with Crippen LogP contribution in [0.5, 0.6) is 0 Å². The molecule has 2 aliphatic carbocycles. The highest BCUT2D eigenvalue weighted by Gasteiger charge is 2.50. The van der Waals surface area contributed by atoms with Gasteiger partial charge in [0.2, 0.25) is 0 Å². The lowest BCUT2D eigenvalue weighted by Gasteiger charge is -2.27. The van der Waals surface area contributed by atoms with Crippen molar-refractivity contribution in [2.75, 3.05) is 13.1 Å². The fourth-order valence-electron chi connectivity index (χ4n) is 4.12. The molecule has 0 bridgehead atoms. The normalized spacial score (nSPS) is 43.4. The van der Waals surface area contributed by atoms with Crippen LogP contribution in [0.1, 0.15) is 58.3 Å². The van der Waals surface area contributed by atoms with Gasteiger partial charge < -0.3 is 4.90 Å². The third-order valence-corrected chi connectivity index (χ3v) is 5.46. The lowest BCUT2D eigenvalue weighted by atomic mass is 9.95. The quantitative estimate of drug-likeness (QED) is 0.636. The minimum Gasteiger partial charge on any atom is -0.300 e. The molecule has 2 saturated carbocycles. The topological polar surface area (TPSA) is 3.24 Å². The van der Waals surface area contributed by atoms with E-state index in [1.165, 1.54) is 64.5 Å². The van der Waals surface area contributed by atoms with Gasteiger partial charge in [-0.3, -0.25) is 0 Å². The van der Waals surface area contributed by atoms with Gasteiger partial charge in [-0.15, -0.1) is 0 Å². The van der Waals surface area contributed by atoms with Crippen molar-refractivity contribution >= 4 is 0 Å². The first-order valence-corrected chi connectivity index (χ1v) is 7.04. The molecule has 1 heterocycles. The van der Waals surface area contributed by atoms with Gasteiger partial charge in [0.15, 0.2) is 0 Å². The van der Waals surface area contributed by atoms with E-state index in [1.54, 1.807) is 0 Å². The van der Waals surface area contributed by atoms with Crippen LogP contribution in [0.3, 0.4) is 0 Å². The number of hydrogen-bond donors (Lipinski definition) is 0. The van der Waals surface area contributed by atoms with Crippen molar-refractivity contribution in [2.24, 2.45) is 11.3 Å². The van der Waals surface area contributed by atoms with Crippen LogP contribution in [0, 0.1) is 11.3 Å². The summed E-state index contributed by atoms with van der Waals surface area (Å²) in [5.74, 6) is 1.04. The fourth-order valence-corrected chi connectivity index (χ4v) is 4.12. The maximum absolute atomic E-state index is 2.83. The maximum Gasteiger partial charge on any atom is 0.00952 e. The van der Waals surface area contributed by atoms with Gasteiger partial charge in [0.1, 0.15) is 0 Å². The number of rotatable bonds is 1. The van der Waals surface area contributed by atoms with Crippen LogP contribution < -0.4 is 0 Å². The zero-order valence-corrected chi connectivity index (χ0v) is 10.2. The highest BCUT2D eigenvalue weighted by molar-refractivity contribution is 5.01. The Balaban J connectivity index is 1.59. The predicted octanol–water partition coefficient (Wildman–Crippen LogP) is 3.44. The van der Waals surface area contributed by atoms with Crippen LogP contribution in [0.4, 0.5) is 0 Å². The summed E-state index contributed by atoms with van der Waals surface area (Å²) in [6.45, 7) is 5.28. The van der Waals surface area contributed by atoms with Gasteiger partial charge in [-0.1, -0.05) is 19.8 Å². The molecule has 3 rings (SSSR count). The molecule has 0 aromatic carbocycles.